The van der Waals surface area contributed by atoms with Crippen LogP contribution in [-0.4, -0.2) is 29.8 Å². The average molecular weight is 337 g/mol. The molecular weight excluding hydrogens is 314 g/mol. The molecular formula is C20H23N3O2. The van der Waals surface area contributed by atoms with Crippen LogP contribution in [0.25, 0.3) is 0 Å². The first-order valence-electron chi connectivity index (χ1n) is 8.59. The van der Waals surface area contributed by atoms with Gasteiger partial charge in [0.1, 0.15) is 0 Å². The van der Waals surface area contributed by atoms with Crippen molar-refractivity contribution in [1.29, 1.82) is 0 Å². The number of para-hydroxylation sites is 1. The minimum Gasteiger partial charge on any atom is -0.399 e. The molecule has 2 aromatic carbocycles. The van der Waals surface area contributed by atoms with E-state index < -0.39 is 0 Å². The van der Waals surface area contributed by atoms with Crippen LogP contribution in [0.4, 0.5) is 5.69 Å². The second kappa shape index (κ2) is 7.83. The lowest BCUT2D eigenvalue weighted by Crippen LogP contribution is -2.36. The van der Waals surface area contributed by atoms with Gasteiger partial charge in [0.05, 0.1) is 12.5 Å². The van der Waals surface area contributed by atoms with Crippen molar-refractivity contribution in [3.05, 3.63) is 65.7 Å². The number of rotatable bonds is 4. The van der Waals surface area contributed by atoms with E-state index in [1.165, 1.54) is 0 Å². The Morgan fingerprint density at radius 2 is 1.84 bits per heavy atom. The highest BCUT2D eigenvalue weighted by molar-refractivity contribution is 5.81. The Bertz CT molecular complexity index is 746. The summed E-state index contributed by atoms with van der Waals surface area (Å²) in [6.07, 6.45) is 1.28. The molecule has 25 heavy (non-hydrogen) atoms. The Labute approximate surface area is 147 Å². The molecule has 1 aliphatic rings. The average Bonchev–Trinajstić information content (AvgIpc) is 2.83. The zero-order valence-corrected chi connectivity index (χ0v) is 14.2. The van der Waals surface area contributed by atoms with E-state index in [9.17, 15) is 9.59 Å². The maximum Gasteiger partial charge on any atom is 0.223 e. The summed E-state index contributed by atoms with van der Waals surface area (Å²) in [6, 6.07) is 17.1. The van der Waals surface area contributed by atoms with Crippen molar-refractivity contribution in [1.82, 2.24) is 10.2 Å². The minimum atomic E-state index is -0.218. The fourth-order valence-corrected chi connectivity index (χ4v) is 3.25. The second-order valence-electron chi connectivity index (χ2n) is 6.27. The normalized spacial score (nSPS) is 17.7. The Hall–Kier alpha value is -2.82. The molecule has 2 aromatic rings. The van der Waals surface area contributed by atoms with Gasteiger partial charge < -0.3 is 16.0 Å². The number of aryl methyl sites for hydroxylation is 1. The van der Waals surface area contributed by atoms with Gasteiger partial charge in [-0.15, -0.1) is 0 Å². The lowest BCUT2D eigenvalue weighted by atomic mass is 10.0. The number of hydrogen-bond acceptors (Lipinski definition) is 3. The Kier molecular flexibility index (Phi) is 5.33. The molecule has 1 saturated heterocycles. The molecule has 0 aromatic heterocycles. The van der Waals surface area contributed by atoms with E-state index in [0.29, 0.717) is 38.0 Å². The second-order valence-corrected chi connectivity index (χ2v) is 6.27. The predicted octanol–water partition coefficient (Wildman–Crippen LogP) is 2.29. The van der Waals surface area contributed by atoms with Crippen LogP contribution in [-0.2, 0) is 16.0 Å². The predicted molar refractivity (Wildman–Crippen MR) is 97.7 cm³/mol. The Morgan fingerprint density at radius 3 is 2.60 bits per heavy atom. The molecule has 2 amide bonds. The number of carbonyl (C=O) groups is 2. The standard InChI is InChI=1S/C20H23N3O2/c21-17-9-5-4-6-15(17)10-11-20(25)23-13-12-22-19(24)14-18(23)16-7-2-1-3-8-16/h1-9,18H,10-14,21H2,(H,22,24). The smallest absolute Gasteiger partial charge is 0.223 e. The van der Waals surface area contributed by atoms with Crippen LogP contribution in [0.5, 0.6) is 0 Å². The van der Waals surface area contributed by atoms with E-state index in [-0.39, 0.29) is 17.9 Å². The summed E-state index contributed by atoms with van der Waals surface area (Å²) in [5, 5.41) is 2.86. The van der Waals surface area contributed by atoms with Crippen molar-refractivity contribution in [3.63, 3.8) is 0 Å². The first kappa shape index (κ1) is 17.0. The van der Waals surface area contributed by atoms with Crippen LogP contribution in [0.3, 0.4) is 0 Å². The van der Waals surface area contributed by atoms with Crippen molar-refractivity contribution >= 4 is 17.5 Å². The third-order valence-corrected chi connectivity index (χ3v) is 4.60. The van der Waals surface area contributed by atoms with Gasteiger partial charge in [-0.1, -0.05) is 48.5 Å². The molecule has 5 nitrogen and oxygen atoms in total. The van der Waals surface area contributed by atoms with Crippen molar-refractivity contribution in [3.8, 4) is 0 Å². The van der Waals surface area contributed by atoms with Gasteiger partial charge in [0.15, 0.2) is 0 Å². The lowest BCUT2D eigenvalue weighted by molar-refractivity contribution is -0.133. The van der Waals surface area contributed by atoms with Gasteiger partial charge in [-0.3, -0.25) is 9.59 Å². The highest BCUT2D eigenvalue weighted by Gasteiger charge is 2.29. The summed E-state index contributed by atoms with van der Waals surface area (Å²) in [4.78, 5) is 26.7. The zero-order chi connectivity index (χ0) is 17.6. The molecule has 1 unspecified atom stereocenters. The number of nitrogen functional groups attached to an aromatic ring is 1. The van der Waals surface area contributed by atoms with Gasteiger partial charge in [0.25, 0.3) is 0 Å². The molecule has 1 fully saturated rings. The fraction of sp³-hybridized carbons (Fsp3) is 0.300. The van der Waals surface area contributed by atoms with Gasteiger partial charge in [-0.25, -0.2) is 0 Å². The fourth-order valence-electron chi connectivity index (χ4n) is 3.25. The van der Waals surface area contributed by atoms with E-state index in [4.69, 9.17) is 5.73 Å². The Morgan fingerprint density at radius 1 is 1.12 bits per heavy atom. The molecule has 0 bridgehead atoms. The van der Waals surface area contributed by atoms with E-state index >= 15 is 0 Å². The summed E-state index contributed by atoms with van der Waals surface area (Å²) in [5.74, 6) is 0.0325. The molecule has 0 saturated carbocycles. The molecule has 3 N–H and O–H groups in total. The van der Waals surface area contributed by atoms with Gasteiger partial charge in [-0.2, -0.15) is 0 Å². The number of benzene rings is 2. The molecule has 130 valence electrons. The SMILES string of the molecule is Nc1ccccc1CCC(=O)N1CCNC(=O)CC1c1ccccc1. The maximum atomic E-state index is 12.9. The highest BCUT2D eigenvalue weighted by Crippen LogP contribution is 2.26. The number of anilines is 1. The molecule has 1 heterocycles. The molecule has 1 aliphatic heterocycles. The zero-order valence-electron chi connectivity index (χ0n) is 14.2. The third kappa shape index (κ3) is 4.18. The summed E-state index contributed by atoms with van der Waals surface area (Å²) in [6.45, 7) is 1.01. The summed E-state index contributed by atoms with van der Waals surface area (Å²) in [5.41, 5.74) is 8.65. The number of hydrogen-bond donors (Lipinski definition) is 2. The van der Waals surface area contributed by atoms with E-state index in [2.05, 4.69) is 5.32 Å². The topological polar surface area (TPSA) is 75.4 Å². The number of carbonyl (C=O) groups excluding carboxylic acids is 2. The van der Waals surface area contributed by atoms with Crippen molar-refractivity contribution in [2.75, 3.05) is 18.8 Å². The molecule has 5 heteroatoms. The van der Waals surface area contributed by atoms with Crippen LogP contribution in [0.15, 0.2) is 54.6 Å². The van der Waals surface area contributed by atoms with Gasteiger partial charge in [0.2, 0.25) is 11.8 Å². The van der Waals surface area contributed by atoms with Crippen LogP contribution in [0.1, 0.15) is 30.0 Å². The van der Waals surface area contributed by atoms with Gasteiger partial charge in [0, 0.05) is 25.2 Å². The number of amides is 2. The van der Waals surface area contributed by atoms with E-state index in [1.54, 1.807) is 0 Å². The molecule has 3 rings (SSSR count). The number of nitrogens with one attached hydrogen (secondary N) is 1. The van der Waals surface area contributed by atoms with Gasteiger partial charge >= 0.3 is 0 Å². The summed E-state index contributed by atoms with van der Waals surface area (Å²) >= 11 is 0. The first-order chi connectivity index (χ1) is 12.1. The van der Waals surface area contributed by atoms with Crippen LogP contribution in [0, 0.1) is 0 Å². The molecule has 1 atom stereocenters. The largest absolute Gasteiger partial charge is 0.399 e. The summed E-state index contributed by atoms with van der Waals surface area (Å²) in [7, 11) is 0. The molecule has 0 radical (unpaired) electrons. The van der Waals surface area contributed by atoms with Crippen molar-refractivity contribution in [2.45, 2.75) is 25.3 Å². The monoisotopic (exact) mass is 337 g/mol. The molecule has 0 aliphatic carbocycles. The lowest BCUT2D eigenvalue weighted by Gasteiger charge is -2.29. The van der Waals surface area contributed by atoms with Crippen molar-refractivity contribution in [2.24, 2.45) is 0 Å². The first-order valence-corrected chi connectivity index (χ1v) is 8.59. The minimum absolute atomic E-state index is 0.0172. The van der Waals surface area contributed by atoms with Crippen LogP contribution < -0.4 is 11.1 Å². The molecule has 0 spiro atoms. The number of nitrogens with two attached hydrogens (primary N) is 1. The quantitative estimate of drug-likeness (QED) is 0.841. The summed E-state index contributed by atoms with van der Waals surface area (Å²) < 4.78 is 0. The van der Waals surface area contributed by atoms with Crippen molar-refractivity contribution < 1.29 is 9.59 Å². The van der Waals surface area contributed by atoms with Gasteiger partial charge in [-0.05, 0) is 23.6 Å². The maximum absolute atomic E-state index is 12.9. The van der Waals surface area contributed by atoms with E-state index in [0.717, 1.165) is 11.1 Å². The van der Waals surface area contributed by atoms with Crippen LogP contribution in [0.2, 0.25) is 0 Å². The number of nitrogens with zero attached hydrogens (tertiary/aromatic N) is 1. The van der Waals surface area contributed by atoms with Crippen LogP contribution >= 0.6 is 0 Å². The Balaban J connectivity index is 1.75. The highest BCUT2D eigenvalue weighted by atomic mass is 16.2. The third-order valence-electron chi connectivity index (χ3n) is 4.60. The van der Waals surface area contributed by atoms with E-state index in [1.807, 2.05) is 59.5 Å².